The molecule has 0 radical (unpaired) electrons. The Morgan fingerprint density at radius 3 is 2.33 bits per heavy atom. The van der Waals surface area contributed by atoms with Crippen molar-refractivity contribution < 1.29 is 0 Å². The topological polar surface area (TPSA) is 51.6 Å². The average molecular weight is 142 g/mol. The van der Waals surface area contributed by atoms with Crippen LogP contribution in [-0.4, -0.2) is 20.4 Å². The first-order valence-corrected chi connectivity index (χ1v) is 3.00. The summed E-state index contributed by atoms with van der Waals surface area (Å²) in [5.74, 6) is 0.556. The fourth-order valence-corrected chi connectivity index (χ4v) is 0.483. The van der Waals surface area contributed by atoms with Crippen molar-refractivity contribution in [1.82, 2.24) is 20.4 Å². The van der Waals surface area contributed by atoms with Crippen molar-refractivity contribution in [2.75, 3.05) is 0 Å². The van der Waals surface area contributed by atoms with Gasteiger partial charge in [0.1, 0.15) is 0 Å². The van der Waals surface area contributed by atoms with E-state index in [4.69, 9.17) is 0 Å². The van der Waals surface area contributed by atoms with E-state index in [-0.39, 0.29) is 5.25 Å². The third-order valence-corrected chi connectivity index (χ3v) is 1.03. The van der Waals surface area contributed by atoms with E-state index >= 15 is 0 Å². The lowest BCUT2D eigenvalue weighted by Gasteiger charge is -1.95. The van der Waals surface area contributed by atoms with Gasteiger partial charge in [0.15, 0.2) is 12.2 Å². The number of hydrogen-bond acceptors (Lipinski definition) is 5. The molecule has 9 heavy (non-hydrogen) atoms. The van der Waals surface area contributed by atoms with Gasteiger partial charge in [0.2, 0.25) is 0 Å². The second-order valence-corrected chi connectivity index (χ2v) is 2.36. The second kappa shape index (κ2) is 2.72. The van der Waals surface area contributed by atoms with Gasteiger partial charge < -0.3 is 0 Å². The predicted octanol–water partition coefficient (Wildman–Crippen LogP) is 0.257. The molecule has 0 aliphatic carbocycles. The summed E-state index contributed by atoms with van der Waals surface area (Å²) < 4.78 is 0. The number of aromatic nitrogens is 4. The lowest BCUT2D eigenvalue weighted by atomic mass is 10.5. The molecule has 0 aliphatic rings. The largest absolute Gasteiger partial charge is 0.185 e. The highest BCUT2D eigenvalue weighted by atomic mass is 32.1. The maximum Gasteiger partial charge on any atom is 0.185 e. The predicted molar refractivity (Wildman–Crippen MR) is 35.0 cm³/mol. The van der Waals surface area contributed by atoms with E-state index in [1.165, 1.54) is 6.33 Å². The quantitative estimate of drug-likeness (QED) is 0.571. The SMILES string of the molecule is CC(S)c1nncnn1. The summed E-state index contributed by atoms with van der Waals surface area (Å²) in [5, 5.41) is 14.4. The van der Waals surface area contributed by atoms with E-state index in [2.05, 4.69) is 33.0 Å². The van der Waals surface area contributed by atoms with Crippen LogP contribution >= 0.6 is 12.6 Å². The molecule has 1 unspecified atom stereocenters. The van der Waals surface area contributed by atoms with Gasteiger partial charge in [0, 0.05) is 0 Å². The van der Waals surface area contributed by atoms with Gasteiger partial charge >= 0.3 is 0 Å². The minimum absolute atomic E-state index is 0.00574. The van der Waals surface area contributed by atoms with Crippen LogP contribution in [0.15, 0.2) is 6.33 Å². The molecule has 0 spiro atoms. The van der Waals surface area contributed by atoms with Crippen LogP contribution in [0.3, 0.4) is 0 Å². The fraction of sp³-hybridized carbons (Fsp3) is 0.500. The first kappa shape index (κ1) is 6.41. The van der Waals surface area contributed by atoms with E-state index < -0.39 is 0 Å². The normalized spacial score (nSPS) is 13.1. The minimum atomic E-state index is 0.00574. The first-order chi connectivity index (χ1) is 4.30. The van der Waals surface area contributed by atoms with Crippen molar-refractivity contribution in [1.29, 1.82) is 0 Å². The number of rotatable bonds is 1. The summed E-state index contributed by atoms with van der Waals surface area (Å²) in [6.45, 7) is 1.86. The molecule has 0 aromatic carbocycles. The molecule has 48 valence electrons. The summed E-state index contributed by atoms with van der Waals surface area (Å²) in [6, 6.07) is 0. The standard InChI is InChI=1S/C4H6N4S/c1-3(9)4-7-5-2-6-8-4/h2-3,9H,1H3. The van der Waals surface area contributed by atoms with Crippen LogP contribution in [0, 0.1) is 0 Å². The molecule has 0 aliphatic heterocycles. The van der Waals surface area contributed by atoms with Gasteiger partial charge in [0.05, 0.1) is 5.25 Å². The third kappa shape index (κ3) is 1.60. The van der Waals surface area contributed by atoms with E-state index in [9.17, 15) is 0 Å². The van der Waals surface area contributed by atoms with Gasteiger partial charge in [-0.05, 0) is 6.92 Å². The van der Waals surface area contributed by atoms with E-state index in [1.807, 2.05) is 6.92 Å². The molecule has 1 heterocycles. The minimum Gasteiger partial charge on any atom is -0.168 e. The summed E-state index contributed by atoms with van der Waals surface area (Å²) in [6.07, 6.45) is 1.29. The summed E-state index contributed by atoms with van der Waals surface area (Å²) in [7, 11) is 0. The molecule has 0 N–H and O–H groups in total. The highest BCUT2D eigenvalue weighted by Gasteiger charge is 2.00. The van der Waals surface area contributed by atoms with Crippen molar-refractivity contribution in [3.63, 3.8) is 0 Å². The van der Waals surface area contributed by atoms with Crippen LogP contribution in [0.2, 0.25) is 0 Å². The first-order valence-electron chi connectivity index (χ1n) is 2.49. The van der Waals surface area contributed by atoms with Crippen LogP contribution in [0.4, 0.5) is 0 Å². The lowest BCUT2D eigenvalue weighted by Crippen LogP contribution is -1.98. The maximum absolute atomic E-state index is 4.08. The van der Waals surface area contributed by atoms with E-state index in [0.29, 0.717) is 5.82 Å². The third-order valence-electron chi connectivity index (χ3n) is 0.797. The molecule has 1 aromatic rings. The number of thiol groups is 1. The molecular weight excluding hydrogens is 136 g/mol. The molecular formula is C4H6N4S. The van der Waals surface area contributed by atoms with Gasteiger partial charge in [-0.15, -0.1) is 20.4 Å². The molecule has 0 bridgehead atoms. The Bertz CT molecular complexity index is 175. The highest BCUT2D eigenvalue weighted by Crippen LogP contribution is 2.10. The summed E-state index contributed by atoms with van der Waals surface area (Å²) >= 11 is 4.08. The Hall–Kier alpha value is -0.710. The van der Waals surface area contributed by atoms with E-state index in [1.54, 1.807) is 0 Å². The highest BCUT2D eigenvalue weighted by molar-refractivity contribution is 7.80. The zero-order valence-electron chi connectivity index (χ0n) is 4.89. The van der Waals surface area contributed by atoms with Gasteiger partial charge in [-0.1, -0.05) is 0 Å². The van der Waals surface area contributed by atoms with Crippen molar-refractivity contribution in [2.45, 2.75) is 12.2 Å². The molecule has 1 aromatic heterocycles. The van der Waals surface area contributed by atoms with Crippen molar-refractivity contribution >= 4 is 12.6 Å². The van der Waals surface area contributed by atoms with Crippen LogP contribution in [0.25, 0.3) is 0 Å². The fourth-order valence-electron chi connectivity index (χ4n) is 0.380. The molecule has 0 fully saturated rings. The number of nitrogens with zero attached hydrogens (tertiary/aromatic N) is 4. The van der Waals surface area contributed by atoms with Crippen molar-refractivity contribution in [2.24, 2.45) is 0 Å². The molecule has 5 heteroatoms. The Labute approximate surface area is 58.1 Å². The Morgan fingerprint density at radius 1 is 1.44 bits per heavy atom. The zero-order valence-corrected chi connectivity index (χ0v) is 5.79. The molecule has 0 saturated heterocycles. The van der Waals surface area contributed by atoms with Crippen LogP contribution in [-0.2, 0) is 0 Å². The van der Waals surface area contributed by atoms with E-state index in [0.717, 1.165) is 0 Å². The lowest BCUT2D eigenvalue weighted by molar-refractivity contribution is 0.761. The van der Waals surface area contributed by atoms with Crippen molar-refractivity contribution in [3.05, 3.63) is 12.2 Å². The summed E-state index contributed by atoms with van der Waals surface area (Å²) in [5.41, 5.74) is 0. The van der Waals surface area contributed by atoms with Crippen LogP contribution < -0.4 is 0 Å². The molecule has 0 saturated carbocycles. The maximum atomic E-state index is 4.08. The molecule has 0 amide bonds. The van der Waals surface area contributed by atoms with Crippen LogP contribution in [0.1, 0.15) is 18.0 Å². The van der Waals surface area contributed by atoms with Gasteiger partial charge in [-0.2, -0.15) is 12.6 Å². The Morgan fingerprint density at radius 2 is 2.00 bits per heavy atom. The summed E-state index contributed by atoms with van der Waals surface area (Å²) in [4.78, 5) is 0. The van der Waals surface area contributed by atoms with Gasteiger partial charge in [0.25, 0.3) is 0 Å². The number of hydrogen-bond donors (Lipinski definition) is 1. The smallest absolute Gasteiger partial charge is 0.168 e. The second-order valence-electron chi connectivity index (χ2n) is 1.58. The van der Waals surface area contributed by atoms with Gasteiger partial charge in [-0.25, -0.2) is 0 Å². The average Bonchev–Trinajstić information content (AvgIpc) is 1.90. The Balaban J connectivity index is 2.85. The van der Waals surface area contributed by atoms with Crippen LogP contribution in [0.5, 0.6) is 0 Å². The molecule has 1 rings (SSSR count). The molecule has 4 nitrogen and oxygen atoms in total. The Kier molecular flexibility index (Phi) is 1.94. The monoisotopic (exact) mass is 142 g/mol. The van der Waals surface area contributed by atoms with Gasteiger partial charge in [-0.3, -0.25) is 0 Å². The van der Waals surface area contributed by atoms with Crippen molar-refractivity contribution in [3.8, 4) is 0 Å². The molecule has 1 atom stereocenters. The zero-order chi connectivity index (χ0) is 6.69.